The van der Waals surface area contributed by atoms with Gasteiger partial charge in [-0.25, -0.2) is 0 Å². The second-order valence-corrected chi connectivity index (χ2v) is 6.88. The highest BCUT2D eigenvalue weighted by Crippen LogP contribution is 2.43. The molecule has 0 bridgehead atoms. The molecular formula is C19H19ClN2O4. The summed E-state index contributed by atoms with van der Waals surface area (Å²) in [6.45, 7) is 5.31. The number of hydrogen-bond acceptors (Lipinski definition) is 6. The quantitative estimate of drug-likeness (QED) is 0.819. The Morgan fingerprint density at radius 1 is 1.46 bits per heavy atom. The van der Waals surface area contributed by atoms with Crippen LogP contribution in [0.4, 0.5) is 0 Å². The van der Waals surface area contributed by atoms with Crippen molar-refractivity contribution in [2.45, 2.75) is 38.6 Å². The fourth-order valence-corrected chi connectivity index (χ4v) is 2.94. The molecule has 2 heterocycles. The number of hydrogen-bond donors (Lipinski definition) is 1. The van der Waals surface area contributed by atoms with Crippen LogP contribution in [-0.2, 0) is 0 Å². The molecule has 0 amide bonds. The van der Waals surface area contributed by atoms with E-state index >= 15 is 0 Å². The summed E-state index contributed by atoms with van der Waals surface area (Å²) >= 11 is 5.71. The maximum absolute atomic E-state index is 10.8. The Morgan fingerprint density at radius 2 is 2.23 bits per heavy atom. The van der Waals surface area contributed by atoms with Gasteiger partial charge < -0.3 is 19.1 Å². The van der Waals surface area contributed by atoms with Crippen LogP contribution >= 0.6 is 11.6 Å². The van der Waals surface area contributed by atoms with Gasteiger partial charge >= 0.3 is 0 Å². The molecule has 0 unspecified atom stereocenters. The van der Waals surface area contributed by atoms with Gasteiger partial charge in [0, 0.05) is 11.4 Å². The number of aliphatic hydroxyl groups is 1. The summed E-state index contributed by atoms with van der Waals surface area (Å²) in [5.41, 5.74) is 0.812. The van der Waals surface area contributed by atoms with Crippen LogP contribution < -0.4 is 9.47 Å². The number of nitrogens with zero attached hydrogens (tertiary/aromatic N) is 2. The van der Waals surface area contributed by atoms with Crippen LogP contribution in [0.3, 0.4) is 0 Å². The first kappa shape index (κ1) is 18.3. The van der Waals surface area contributed by atoms with Crippen LogP contribution in [0.25, 0.3) is 6.08 Å². The zero-order valence-corrected chi connectivity index (χ0v) is 15.4. The highest BCUT2D eigenvalue weighted by Gasteiger charge is 2.45. The standard InChI is InChI=1S/C19H19ClN2O4/c1-11-13(5-4-8-20)18(22-26-11)24-16-14-9-12(10-21)6-7-15(14)25-19(2,3)17(16)23/h4-7,9,16-17,23H,8H2,1-3H3/b5-4-/t16-,17+/m1/s1. The maximum Gasteiger partial charge on any atom is 0.262 e. The van der Waals surface area contributed by atoms with Crippen molar-refractivity contribution < 1.29 is 19.1 Å². The van der Waals surface area contributed by atoms with Crippen molar-refractivity contribution in [2.24, 2.45) is 0 Å². The van der Waals surface area contributed by atoms with Crippen molar-refractivity contribution in [1.82, 2.24) is 5.16 Å². The summed E-state index contributed by atoms with van der Waals surface area (Å²) in [5.74, 6) is 1.72. The lowest BCUT2D eigenvalue weighted by Crippen LogP contribution is -2.50. The summed E-state index contributed by atoms with van der Waals surface area (Å²) in [6.07, 6.45) is 1.76. The number of allylic oxidation sites excluding steroid dienone is 1. The molecule has 1 aliphatic rings. The molecule has 1 aromatic carbocycles. The van der Waals surface area contributed by atoms with E-state index in [2.05, 4.69) is 11.2 Å². The van der Waals surface area contributed by atoms with E-state index in [1.807, 2.05) is 0 Å². The molecule has 1 aromatic heterocycles. The number of halogens is 1. The minimum Gasteiger partial charge on any atom is -0.485 e. The predicted molar refractivity (Wildman–Crippen MR) is 96.2 cm³/mol. The molecular weight excluding hydrogens is 356 g/mol. The predicted octanol–water partition coefficient (Wildman–Crippen LogP) is 3.76. The van der Waals surface area contributed by atoms with Gasteiger partial charge in [-0.05, 0) is 50.2 Å². The van der Waals surface area contributed by atoms with Crippen molar-refractivity contribution in [1.29, 1.82) is 5.26 Å². The molecule has 0 saturated heterocycles. The van der Waals surface area contributed by atoms with Gasteiger partial charge in [-0.2, -0.15) is 5.26 Å². The highest BCUT2D eigenvalue weighted by molar-refractivity contribution is 6.19. The van der Waals surface area contributed by atoms with E-state index in [0.29, 0.717) is 34.1 Å². The molecule has 2 atom stereocenters. The summed E-state index contributed by atoms with van der Waals surface area (Å²) in [7, 11) is 0. The summed E-state index contributed by atoms with van der Waals surface area (Å²) < 4.78 is 17.1. The minimum atomic E-state index is -0.981. The Morgan fingerprint density at radius 3 is 2.92 bits per heavy atom. The summed E-state index contributed by atoms with van der Waals surface area (Å²) in [5, 5.41) is 23.9. The second kappa shape index (κ2) is 7.02. The van der Waals surface area contributed by atoms with E-state index in [1.165, 1.54) is 0 Å². The topological polar surface area (TPSA) is 88.5 Å². The van der Waals surface area contributed by atoms with Crippen molar-refractivity contribution in [3.8, 4) is 17.7 Å². The lowest BCUT2D eigenvalue weighted by molar-refractivity contribution is -0.104. The van der Waals surface area contributed by atoms with Crippen LogP contribution in [0.1, 0.15) is 42.4 Å². The van der Waals surface area contributed by atoms with Crippen molar-refractivity contribution in [3.05, 3.63) is 46.7 Å². The third-order valence-electron chi connectivity index (χ3n) is 4.30. The van der Waals surface area contributed by atoms with Crippen LogP contribution in [0.15, 0.2) is 28.8 Å². The third kappa shape index (κ3) is 3.28. The molecule has 136 valence electrons. The van der Waals surface area contributed by atoms with E-state index in [0.717, 1.165) is 0 Å². The van der Waals surface area contributed by atoms with Gasteiger partial charge in [0.15, 0.2) is 6.10 Å². The van der Waals surface area contributed by atoms with E-state index in [9.17, 15) is 10.4 Å². The van der Waals surface area contributed by atoms with Crippen LogP contribution in [0, 0.1) is 18.3 Å². The van der Waals surface area contributed by atoms with Crippen molar-refractivity contribution in [3.63, 3.8) is 0 Å². The number of ether oxygens (including phenoxy) is 2. The molecule has 0 aliphatic carbocycles. The molecule has 2 aromatic rings. The molecule has 6 nitrogen and oxygen atoms in total. The fraction of sp³-hybridized carbons (Fsp3) is 0.368. The van der Waals surface area contributed by atoms with Crippen LogP contribution in [-0.4, -0.2) is 27.8 Å². The van der Waals surface area contributed by atoms with E-state index in [1.54, 1.807) is 51.1 Å². The Balaban J connectivity index is 2.04. The average molecular weight is 375 g/mol. The van der Waals surface area contributed by atoms with Gasteiger partial charge in [0.1, 0.15) is 23.2 Å². The normalized spacial score (nSPS) is 21.1. The number of rotatable bonds is 4. The molecule has 1 aliphatic heterocycles. The summed E-state index contributed by atoms with van der Waals surface area (Å²) in [4.78, 5) is 0. The monoisotopic (exact) mass is 374 g/mol. The molecule has 3 rings (SSSR count). The molecule has 0 radical (unpaired) electrons. The van der Waals surface area contributed by atoms with Crippen molar-refractivity contribution >= 4 is 17.7 Å². The van der Waals surface area contributed by atoms with E-state index in [-0.39, 0.29) is 5.88 Å². The molecule has 0 saturated carbocycles. The lowest BCUT2D eigenvalue weighted by Gasteiger charge is -2.41. The maximum atomic E-state index is 10.8. The molecule has 7 heteroatoms. The molecule has 26 heavy (non-hydrogen) atoms. The largest absolute Gasteiger partial charge is 0.485 e. The van der Waals surface area contributed by atoms with Crippen LogP contribution in [0.2, 0.25) is 0 Å². The Kier molecular flexibility index (Phi) is 4.94. The van der Waals surface area contributed by atoms with E-state index in [4.69, 9.17) is 25.6 Å². The summed E-state index contributed by atoms with van der Waals surface area (Å²) in [6, 6.07) is 7.11. The Bertz CT molecular complexity index is 882. The van der Waals surface area contributed by atoms with Gasteiger partial charge in [0.05, 0.1) is 17.2 Å². The number of aryl methyl sites for hydroxylation is 1. The van der Waals surface area contributed by atoms with Gasteiger partial charge in [0.2, 0.25) is 0 Å². The zero-order chi connectivity index (χ0) is 18.9. The third-order valence-corrected chi connectivity index (χ3v) is 4.48. The van der Waals surface area contributed by atoms with Gasteiger partial charge in [-0.1, -0.05) is 6.08 Å². The number of nitriles is 1. The number of fused-ring (bicyclic) bond motifs is 1. The minimum absolute atomic E-state index is 0.249. The lowest BCUT2D eigenvalue weighted by atomic mass is 9.87. The first-order chi connectivity index (χ1) is 12.4. The number of alkyl halides is 1. The zero-order valence-electron chi connectivity index (χ0n) is 14.7. The Labute approximate surface area is 156 Å². The fourth-order valence-electron chi connectivity index (χ4n) is 2.85. The smallest absolute Gasteiger partial charge is 0.262 e. The number of aliphatic hydroxyl groups excluding tert-OH is 1. The molecule has 1 N–H and O–H groups in total. The highest BCUT2D eigenvalue weighted by atomic mass is 35.5. The number of benzene rings is 1. The molecule has 0 fully saturated rings. The van der Waals surface area contributed by atoms with Crippen LogP contribution in [0.5, 0.6) is 11.6 Å². The first-order valence-electron chi connectivity index (χ1n) is 8.14. The van der Waals surface area contributed by atoms with Gasteiger partial charge in [0.25, 0.3) is 5.88 Å². The second-order valence-electron chi connectivity index (χ2n) is 6.57. The average Bonchev–Trinajstić information content (AvgIpc) is 2.96. The first-order valence-corrected chi connectivity index (χ1v) is 8.67. The Hall–Kier alpha value is -2.49. The van der Waals surface area contributed by atoms with Gasteiger partial charge in [-0.3, -0.25) is 0 Å². The van der Waals surface area contributed by atoms with E-state index < -0.39 is 17.8 Å². The molecule has 0 spiro atoms. The number of aromatic nitrogens is 1. The van der Waals surface area contributed by atoms with Crippen molar-refractivity contribution in [2.75, 3.05) is 5.88 Å². The SMILES string of the molecule is Cc1onc(O[C@@H]2c3cc(C#N)ccc3OC(C)(C)[C@H]2O)c1/C=C\CCl. The van der Waals surface area contributed by atoms with Gasteiger partial charge in [-0.15, -0.1) is 11.6 Å².